The first-order valence-electron chi connectivity index (χ1n) is 8.34. The standard InChI is InChI=1S/C19H21FN4O/c1-13-17(8-11-23-18(13)24-22)25-16-6-9-19(12-21,10-7-16)14-2-4-15(20)5-3-14/h2-5,8,11,16H,6-7,9-10,22H2,1H3,(H,23,24)/t16-,19-. The normalized spacial score (nSPS) is 22.9. The van der Waals surface area contributed by atoms with E-state index in [1.165, 1.54) is 12.1 Å². The molecular formula is C19H21FN4O. The molecule has 0 saturated heterocycles. The van der Waals surface area contributed by atoms with Crippen molar-refractivity contribution in [1.29, 1.82) is 5.26 Å². The molecule has 25 heavy (non-hydrogen) atoms. The van der Waals surface area contributed by atoms with Gasteiger partial charge in [0.15, 0.2) is 0 Å². The Morgan fingerprint density at radius 2 is 1.96 bits per heavy atom. The molecule has 0 amide bonds. The third-order valence-electron chi connectivity index (χ3n) is 4.98. The van der Waals surface area contributed by atoms with Gasteiger partial charge in [-0.15, -0.1) is 0 Å². The van der Waals surface area contributed by atoms with Crippen LogP contribution in [0.1, 0.15) is 36.8 Å². The summed E-state index contributed by atoms with van der Waals surface area (Å²) in [6.45, 7) is 1.90. The molecule has 1 fully saturated rings. The number of nitrogen functional groups attached to an aromatic ring is 1. The summed E-state index contributed by atoms with van der Waals surface area (Å²) in [5, 5.41) is 9.74. The molecule has 0 aliphatic heterocycles. The number of nitrogens with two attached hydrogens (primary N) is 1. The topological polar surface area (TPSA) is 84.0 Å². The number of rotatable bonds is 4. The van der Waals surface area contributed by atoms with Crippen molar-refractivity contribution in [2.24, 2.45) is 5.84 Å². The zero-order valence-electron chi connectivity index (χ0n) is 14.1. The number of pyridine rings is 1. The third kappa shape index (κ3) is 3.42. The molecule has 130 valence electrons. The van der Waals surface area contributed by atoms with Crippen LogP contribution in [0.2, 0.25) is 0 Å². The fourth-order valence-electron chi connectivity index (χ4n) is 3.41. The Hall–Kier alpha value is -2.65. The monoisotopic (exact) mass is 340 g/mol. The van der Waals surface area contributed by atoms with Crippen LogP contribution < -0.4 is 16.0 Å². The van der Waals surface area contributed by atoms with E-state index < -0.39 is 5.41 Å². The van der Waals surface area contributed by atoms with Gasteiger partial charge in [0.1, 0.15) is 17.4 Å². The molecule has 0 unspecified atom stereocenters. The average Bonchev–Trinajstić information content (AvgIpc) is 2.65. The number of ether oxygens (including phenoxy) is 1. The molecule has 5 nitrogen and oxygen atoms in total. The van der Waals surface area contributed by atoms with Crippen molar-refractivity contribution in [3.05, 3.63) is 53.5 Å². The second-order valence-electron chi connectivity index (χ2n) is 6.45. The maximum atomic E-state index is 13.2. The van der Waals surface area contributed by atoms with Crippen molar-refractivity contribution in [2.45, 2.75) is 44.1 Å². The molecule has 0 spiro atoms. The third-order valence-corrected chi connectivity index (χ3v) is 4.98. The predicted molar refractivity (Wildman–Crippen MR) is 93.4 cm³/mol. The lowest BCUT2D eigenvalue weighted by molar-refractivity contribution is 0.131. The highest BCUT2D eigenvalue weighted by Gasteiger charge is 2.38. The largest absolute Gasteiger partial charge is 0.490 e. The summed E-state index contributed by atoms with van der Waals surface area (Å²) >= 11 is 0. The molecule has 1 aromatic heterocycles. The SMILES string of the molecule is Cc1c(O[C@H]2CC[C@](C#N)(c3ccc(F)cc3)CC2)ccnc1NN. The van der Waals surface area contributed by atoms with Crippen LogP contribution in [0, 0.1) is 24.1 Å². The number of halogens is 1. The Bertz CT molecular complexity index is 777. The molecule has 1 heterocycles. The summed E-state index contributed by atoms with van der Waals surface area (Å²) in [4.78, 5) is 4.14. The van der Waals surface area contributed by atoms with Crippen molar-refractivity contribution in [3.8, 4) is 11.8 Å². The zero-order valence-corrected chi connectivity index (χ0v) is 14.1. The van der Waals surface area contributed by atoms with E-state index in [-0.39, 0.29) is 11.9 Å². The molecule has 3 rings (SSSR count). The number of hydrazine groups is 1. The van der Waals surface area contributed by atoms with Crippen LogP contribution in [-0.4, -0.2) is 11.1 Å². The predicted octanol–water partition coefficient (Wildman–Crippen LogP) is 3.60. The molecular weight excluding hydrogens is 319 g/mol. The van der Waals surface area contributed by atoms with Gasteiger partial charge in [-0.05, 0) is 56.4 Å². The molecule has 1 aliphatic carbocycles. The van der Waals surface area contributed by atoms with Crippen LogP contribution in [0.25, 0.3) is 0 Å². The molecule has 3 N–H and O–H groups in total. The van der Waals surface area contributed by atoms with Gasteiger partial charge in [-0.1, -0.05) is 12.1 Å². The summed E-state index contributed by atoms with van der Waals surface area (Å²) in [6.07, 6.45) is 4.58. The number of aromatic nitrogens is 1. The zero-order chi connectivity index (χ0) is 17.9. The van der Waals surface area contributed by atoms with Crippen LogP contribution in [0.5, 0.6) is 5.75 Å². The first kappa shape index (κ1) is 17.2. The van der Waals surface area contributed by atoms with Crippen LogP contribution in [-0.2, 0) is 5.41 Å². The van der Waals surface area contributed by atoms with Gasteiger partial charge in [0.25, 0.3) is 0 Å². The molecule has 0 bridgehead atoms. The maximum Gasteiger partial charge on any atom is 0.146 e. The van der Waals surface area contributed by atoms with Crippen LogP contribution >= 0.6 is 0 Å². The van der Waals surface area contributed by atoms with E-state index in [1.807, 2.05) is 13.0 Å². The highest BCUT2D eigenvalue weighted by Crippen LogP contribution is 2.40. The maximum absolute atomic E-state index is 13.2. The second kappa shape index (κ2) is 7.08. The van der Waals surface area contributed by atoms with Gasteiger partial charge >= 0.3 is 0 Å². The lowest BCUT2D eigenvalue weighted by Gasteiger charge is -2.35. The fraction of sp³-hybridized carbons (Fsp3) is 0.368. The van der Waals surface area contributed by atoms with E-state index >= 15 is 0 Å². The van der Waals surface area contributed by atoms with Crippen molar-refractivity contribution in [3.63, 3.8) is 0 Å². The lowest BCUT2D eigenvalue weighted by atomic mass is 9.70. The summed E-state index contributed by atoms with van der Waals surface area (Å²) in [6, 6.07) is 10.5. The van der Waals surface area contributed by atoms with Gasteiger partial charge < -0.3 is 10.2 Å². The summed E-state index contributed by atoms with van der Waals surface area (Å²) in [7, 11) is 0. The number of nitriles is 1. The lowest BCUT2D eigenvalue weighted by Crippen LogP contribution is -2.34. The molecule has 2 aromatic rings. The molecule has 1 aliphatic rings. The molecule has 0 atom stereocenters. The highest BCUT2D eigenvalue weighted by molar-refractivity contribution is 5.49. The van der Waals surface area contributed by atoms with Crippen molar-refractivity contribution >= 4 is 5.82 Å². The molecule has 1 saturated carbocycles. The van der Waals surface area contributed by atoms with Crippen LogP contribution in [0.4, 0.5) is 10.2 Å². The Kier molecular flexibility index (Phi) is 4.86. The van der Waals surface area contributed by atoms with Gasteiger partial charge in [-0.3, -0.25) is 0 Å². The van der Waals surface area contributed by atoms with Crippen LogP contribution in [0.3, 0.4) is 0 Å². The van der Waals surface area contributed by atoms with Crippen molar-refractivity contribution in [2.75, 3.05) is 5.43 Å². The van der Waals surface area contributed by atoms with E-state index in [0.717, 1.165) is 29.7 Å². The van der Waals surface area contributed by atoms with Gasteiger partial charge in [0.2, 0.25) is 0 Å². The van der Waals surface area contributed by atoms with Gasteiger partial charge in [-0.25, -0.2) is 15.2 Å². The van der Waals surface area contributed by atoms with Crippen molar-refractivity contribution < 1.29 is 9.13 Å². The van der Waals surface area contributed by atoms with Crippen molar-refractivity contribution in [1.82, 2.24) is 4.98 Å². The van der Waals surface area contributed by atoms with Gasteiger partial charge in [-0.2, -0.15) is 5.26 Å². The average molecular weight is 340 g/mol. The fourth-order valence-corrected chi connectivity index (χ4v) is 3.41. The smallest absolute Gasteiger partial charge is 0.146 e. The van der Waals surface area contributed by atoms with E-state index in [2.05, 4.69) is 16.5 Å². The van der Waals surface area contributed by atoms with E-state index in [4.69, 9.17) is 10.6 Å². The Morgan fingerprint density at radius 3 is 2.56 bits per heavy atom. The first-order valence-corrected chi connectivity index (χ1v) is 8.34. The number of hydrogen-bond acceptors (Lipinski definition) is 5. The number of nitrogens with zero attached hydrogens (tertiary/aromatic N) is 2. The Morgan fingerprint density at radius 1 is 1.28 bits per heavy atom. The number of hydrogen-bond donors (Lipinski definition) is 2. The van der Waals surface area contributed by atoms with Gasteiger partial charge in [0.05, 0.1) is 17.6 Å². The van der Waals surface area contributed by atoms with E-state index in [9.17, 15) is 9.65 Å². The summed E-state index contributed by atoms with van der Waals surface area (Å²) in [5.41, 5.74) is 3.73. The summed E-state index contributed by atoms with van der Waals surface area (Å²) < 4.78 is 19.3. The van der Waals surface area contributed by atoms with E-state index in [0.29, 0.717) is 18.7 Å². The number of nitrogens with one attached hydrogen (secondary N) is 1. The highest BCUT2D eigenvalue weighted by atomic mass is 19.1. The summed E-state index contributed by atoms with van der Waals surface area (Å²) in [5.74, 6) is 6.50. The molecule has 6 heteroatoms. The quantitative estimate of drug-likeness (QED) is 0.656. The van der Waals surface area contributed by atoms with Gasteiger partial charge in [0, 0.05) is 11.8 Å². The number of anilines is 1. The molecule has 0 radical (unpaired) electrons. The Labute approximate surface area is 146 Å². The van der Waals surface area contributed by atoms with E-state index in [1.54, 1.807) is 18.3 Å². The van der Waals surface area contributed by atoms with Crippen LogP contribution in [0.15, 0.2) is 36.5 Å². The Balaban J connectivity index is 1.71. The second-order valence-corrected chi connectivity index (χ2v) is 6.45. The first-order chi connectivity index (χ1) is 12.1. The molecule has 1 aromatic carbocycles. The minimum Gasteiger partial charge on any atom is -0.490 e. The minimum absolute atomic E-state index is 0.0358. The number of benzene rings is 1. The minimum atomic E-state index is -0.565.